The lowest BCUT2D eigenvalue weighted by Gasteiger charge is -2.34. The molecule has 1 fully saturated rings. The maximum atomic E-state index is 13.0. The fourth-order valence-corrected chi connectivity index (χ4v) is 4.49. The number of halogens is 6. The Morgan fingerprint density at radius 2 is 1.43 bits per heavy atom. The topological polar surface area (TPSA) is 57.7 Å². The maximum absolute atomic E-state index is 13.0. The van der Waals surface area contributed by atoms with Gasteiger partial charge in [0.2, 0.25) is 15.9 Å². The Bertz CT molecular complexity index is 898. The van der Waals surface area contributed by atoms with Crippen molar-refractivity contribution in [2.75, 3.05) is 26.2 Å². The van der Waals surface area contributed by atoms with Gasteiger partial charge in [0.05, 0.1) is 16.0 Å². The standard InChI is InChI=1S/C18H20F6N2O3S/c1-3-4-12(2)16(27)25-5-7-26(8-6-25)30(28,29)15-10-13(17(19,20)21)9-14(11-15)18(22,23)24/h4,9-11H,3,5-8H2,1-2H3. The number of hydrogen-bond acceptors (Lipinski definition) is 3. The molecule has 2 rings (SSSR count). The van der Waals surface area contributed by atoms with E-state index >= 15 is 0 Å². The monoisotopic (exact) mass is 458 g/mol. The molecule has 1 heterocycles. The van der Waals surface area contributed by atoms with E-state index < -0.39 is 38.4 Å². The molecular weight excluding hydrogens is 438 g/mol. The number of piperazine rings is 1. The highest BCUT2D eigenvalue weighted by Crippen LogP contribution is 2.37. The van der Waals surface area contributed by atoms with Gasteiger partial charge in [-0.3, -0.25) is 4.79 Å². The van der Waals surface area contributed by atoms with E-state index in [0.717, 1.165) is 4.31 Å². The second-order valence-corrected chi connectivity index (χ2v) is 8.67. The number of carbonyl (C=O) groups excluding carboxylic acids is 1. The third kappa shape index (κ3) is 5.34. The van der Waals surface area contributed by atoms with Crippen LogP contribution in [0.25, 0.3) is 0 Å². The van der Waals surface area contributed by atoms with Crippen molar-refractivity contribution in [2.45, 2.75) is 37.5 Å². The van der Waals surface area contributed by atoms with E-state index in [1.165, 1.54) is 4.90 Å². The van der Waals surface area contributed by atoms with Crippen molar-refractivity contribution < 1.29 is 39.6 Å². The summed E-state index contributed by atoms with van der Waals surface area (Å²) in [6, 6.07) is 0.255. The summed E-state index contributed by atoms with van der Waals surface area (Å²) >= 11 is 0. The van der Waals surface area contributed by atoms with Crippen LogP contribution in [0.15, 0.2) is 34.7 Å². The summed E-state index contributed by atoms with van der Waals surface area (Å²) in [5.41, 5.74) is -2.93. The Kier molecular flexibility index (Phi) is 6.92. The number of benzene rings is 1. The fraction of sp³-hybridized carbons (Fsp3) is 0.500. The predicted octanol–water partition coefficient (Wildman–Crippen LogP) is 3.91. The zero-order valence-electron chi connectivity index (χ0n) is 16.1. The summed E-state index contributed by atoms with van der Waals surface area (Å²) < 4.78 is 104. The summed E-state index contributed by atoms with van der Waals surface area (Å²) in [4.78, 5) is 12.6. The van der Waals surface area contributed by atoms with Crippen LogP contribution in [0.2, 0.25) is 0 Å². The zero-order valence-corrected chi connectivity index (χ0v) is 17.0. The van der Waals surface area contributed by atoms with Gasteiger partial charge in [-0.2, -0.15) is 30.6 Å². The second-order valence-electron chi connectivity index (χ2n) is 6.73. The van der Waals surface area contributed by atoms with Crippen molar-refractivity contribution in [3.05, 3.63) is 41.0 Å². The number of sulfonamides is 1. The molecule has 1 aliphatic heterocycles. The first-order valence-corrected chi connectivity index (χ1v) is 10.4. The second kappa shape index (κ2) is 8.58. The van der Waals surface area contributed by atoms with Crippen molar-refractivity contribution in [3.63, 3.8) is 0 Å². The van der Waals surface area contributed by atoms with Crippen LogP contribution in [-0.4, -0.2) is 49.7 Å². The van der Waals surface area contributed by atoms with E-state index in [0.29, 0.717) is 12.0 Å². The molecule has 0 unspecified atom stereocenters. The van der Waals surface area contributed by atoms with Crippen molar-refractivity contribution in [1.82, 2.24) is 9.21 Å². The molecule has 0 N–H and O–H groups in total. The molecule has 1 aliphatic rings. The molecule has 0 spiro atoms. The highest BCUT2D eigenvalue weighted by molar-refractivity contribution is 7.89. The van der Waals surface area contributed by atoms with Gasteiger partial charge < -0.3 is 4.90 Å². The number of nitrogens with zero attached hydrogens (tertiary/aromatic N) is 2. The van der Waals surface area contributed by atoms with Crippen LogP contribution in [-0.2, 0) is 27.2 Å². The molecule has 5 nitrogen and oxygen atoms in total. The van der Waals surface area contributed by atoms with Gasteiger partial charge in [0.25, 0.3) is 0 Å². The highest BCUT2D eigenvalue weighted by Gasteiger charge is 2.39. The zero-order chi connectivity index (χ0) is 22.9. The molecule has 1 amide bonds. The van der Waals surface area contributed by atoms with Gasteiger partial charge >= 0.3 is 12.4 Å². The third-order valence-electron chi connectivity index (χ3n) is 4.57. The molecular formula is C18H20F6N2O3S. The van der Waals surface area contributed by atoms with Gasteiger partial charge in [-0.05, 0) is 31.5 Å². The molecule has 0 radical (unpaired) electrons. The lowest BCUT2D eigenvalue weighted by atomic mass is 10.1. The first kappa shape index (κ1) is 24.2. The molecule has 0 atom stereocenters. The van der Waals surface area contributed by atoms with Crippen molar-refractivity contribution in [3.8, 4) is 0 Å². The molecule has 0 aromatic heterocycles. The normalized spacial score (nSPS) is 17.3. The van der Waals surface area contributed by atoms with Gasteiger partial charge in [-0.15, -0.1) is 0 Å². The number of amides is 1. The lowest BCUT2D eigenvalue weighted by Crippen LogP contribution is -2.50. The summed E-state index contributed by atoms with van der Waals surface area (Å²) in [5.74, 6) is -0.299. The van der Waals surface area contributed by atoms with E-state index in [9.17, 15) is 39.6 Å². The maximum Gasteiger partial charge on any atom is 0.416 e. The van der Waals surface area contributed by atoms with Gasteiger partial charge in [0.15, 0.2) is 0 Å². The smallest absolute Gasteiger partial charge is 0.336 e. The number of allylic oxidation sites excluding steroid dienone is 1. The average Bonchev–Trinajstić information content (AvgIpc) is 2.66. The average molecular weight is 458 g/mol. The Morgan fingerprint density at radius 1 is 0.967 bits per heavy atom. The molecule has 0 saturated carbocycles. The number of carbonyl (C=O) groups is 1. The Hall–Kier alpha value is -2.08. The minimum atomic E-state index is -5.15. The van der Waals surface area contributed by atoms with Crippen LogP contribution in [0.3, 0.4) is 0 Å². The summed E-state index contributed by atoms with van der Waals surface area (Å²) in [6.07, 6.45) is -7.98. The van der Waals surface area contributed by atoms with Crippen LogP contribution in [0.4, 0.5) is 26.3 Å². The third-order valence-corrected chi connectivity index (χ3v) is 6.45. The summed E-state index contributed by atoms with van der Waals surface area (Å²) in [7, 11) is -4.63. The molecule has 1 saturated heterocycles. The van der Waals surface area contributed by atoms with Gasteiger partial charge in [0, 0.05) is 31.8 Å². The molecule has 1 aromatic rings. The minimum Gasteiger partial charge on any atom is -0.336 e. The van der Waals surface area contributed by atoms with E-state index in [-0.39, 0.29) is 50.3 Å². The quantitative estimate of drug-likeness (QED) is 0.508. The summed E-state index contributed by atoms with van der Waals surface area (Å²) in [5, 5.41) is 0. The van der Waals surface area contributed by atoms with E-state index in [1.54, 1.807) is 13.0 Å². The van der Waals surface area contributed by atoms with Crippen LogP contribution in [0.5, 0.6) is 0 Å². The summed E-state index contributed by atoms with van der Waals surface area (Å²) in [6.45, 7) is 2.90. The van der Waals surface area contributed by atoms with Gasteiger partial charge in [-0.1, -0.05) is 13.0 Å². The van der Waals surface area contributed by atoms with Crippen molar-refractivity contribution >= 4 is 15.9 Å². The van der Waals surface area contributed by atoms with Gasteiger partial charge in [0.1, 0.15) is 0 Å². The van der Waals surface area contributed by atoms with E-state index in [1.807, 2.05) is 6.92 Å². The predicted molar refractivity (Wildman–Crippen MR) is 95.8 cm³/mol. The van der Waals surface area contributed by atoms with Gasteiger partial charge in [-0.25, -0.2) is 8.42 Å². The molecule has 0 bridgehead atoms. The lowest BCUT2D eigenvalue weighted by molar-refractivity contribution is -0.143. The van der Waals surface area contributed by atoms with E-state index in [2.05, 4.69) is 0 Å². The van der Waals surface area contributed by atoms with Crippen LogP contribution >= 0.6 is 0 Å². The molecule has 168 valence electrons. The largest absolute Gasteiger partial charge is 0.416 e. The molecule has 1 aromatic carbocycles. The molecule has 12 heteroatoms. The SMILES string of the molecule is CCC=C(C)C(=O)N1CCN(S(=O)(=O)c2cc(C(F)(F)F)cc(C(F)(F)F)c2)CC1. The first-order valence-electron chi connectivity index (χ1n) is 8.93. The molecule has 0 aliphatic carbocycles. The Morgan fingerprint density at radius 3 is 1.83 bits per heavy atom. The van der Waals surface area contributed by atoms with Crippen LogP contribution in [0.1, 0.15) is 31.4 Å². The Balaban J connectivity index is 2.32. The number of alkyl halides is 6. The minimum absolute atomic E-state index is 0.0297. The van der Waals surface area contributed by atoms with Crippen molar-refractivity contribution in [1.29, 1.82) is 0 Å². The number of hydrogen-bond donors (Lipinski definition) is 0. The Labute approximate surface area is 170 Å². The van der Waals surface area contributed by atoms with Crippen LogP contribution < -0.4 is 0 Å². The van der Waals surface area contributed by atoms with E-state index in [4.69, 9.17) is 0 Å². The fourth-order valence-electron chi connectivity index (χ4n) is 3.00. The highest BCUT2D eigenvalue weighted by atomic mass is 32.2. The molecule has 30 heavy (non-hydrogen) atoms. The first-order chi connectivity index (χ1) is 13.7. The van der Waals surface area contributed by atoms with Crippen LogP contribution in [0, 0.1) is 0 Å². The number of rotatable bonds is 4. The van der Waals surface area contributed by atoms with Crippen molar-refractivity contribution in [2.24, 2.45) is 0 Å².